The first-order valence-corrected chi connectivity index (χ1v) is 7.79. The van der Waals surface area contributed by atoms with Crippen LogP contribution in [0.5, 0.6) is 0 Å². The molecule has 0 aromatic heterocycles. The molecule has 0 aromatic carbocycles. The monoisotopic (exact) mass is 255 g/mol. The fraction of sp³-hybridized carbons (Fsp3) is 1.00. The van der Waals surface area contributed by atoms with Crippen LogP contribution < -0.4 is 5.32 Å². The largest absolute Gasteiger partial charge is 0.314 e. The summed E-state index contributed by atoms with van der Waals surface area (Å²) in [5, 5.41) is 3.74. The molecule has 1 heteroatoms. The Balaban J connectivity index is 4.31. The summed E-state index contributed by atoms with van der Waals surface area (Å²) in [5.41, 5.74) is 0.880. The number of nitrogens with one attached hydrogen (secondary N) is 1. The van der Waals surface area contributed by atoms with Crippen LogP contribution in [0.2, 0.25) is 0 Å². The van der Waals surface area contributed by atoms with Crippen LogP contribution in [-0.4, -0.2) is 12.6 Å². The molecule has 1 N–H and O–H groups in total. The van der Waals surface area contributed by atoms with Crippen LogP contribution in [0, 0.1) is 16.7 Å². The van der Waals surface area contributed by atoms with Crippen LogP contribution in [-0.2, 0) is 0 Å². The van der Waals surface area contributed by atoms with E-state index in [-0.39, 0.29) is 0 Å². The van der Waals surface area contributed by atoms with E-state index in [1.165, 1.54) is 25.7 Å². The third kappa shape index (κ3) is 8.97. The fourth-order valence-corrected chi connectivity index (χ4v) is 2.04. The van der Waals surface area contributed by atoms with Crippen molar-refractivity contribution in [2.24, 2.45) is 16.7 Å². The van der Waals surface area contributed by atoms with E-state index in [4.69, 9.17) is 0 Å². The van der Waals surface area contributed by atoms with Crippen molar-refractivity contribution in [2.75, 3.05) is 6.54 Å². The molecule has 0 heterocycles. The Hall–Kier alpha value is -0.0400. The Morgan fingerprint density at radius 1 is 1.00 bits per heavy atom. The molecule has 0 aromatic rings. The van der Waals surface area contributed by atoms with Crippen molar-refractivity contribution in [3.8, 4) is 0 Å². The first kappa shape index (κ1) is 18.0. The Morgan fingerprint density at radius 3 is 1.94 bits per heavy atom. The highest BCUT2D eigenvalue weighted by atomic mass is 14.9. The summed E-state index contributed by atoms with van der Waals surface area (Å²) in [5.74, 6) is 0.770. The van der Waals surface area contributed by atoms with Crippen molar-refractivity contribution in [3.63, 3.8) is 0 Å². The first-order chi connectivity index (χ1) is 8.06. The summed E-state index contributed by atoms with van der Waals surface area (Å²) < 4.78 is 0. The Kier molecular flexibility index (Phi) is 7.51. The molecule has 2 atom stereocenters. The van der Waals surface area contributed by atoms with Gasteiger partial charge in [0.05, 0.1) is 0 Å². The minimum atomic E-state index is 0.424. The van der Waals surface area contributed by atoms with Gasteiger partial charge in [-0.1, -0.05) is 55.4 Å². The predicted octanol–water partition coefficient (Wildman–Crippen LogP) is 5.25. The molecule has 0 radical (unpaired) electrons. The lowest BCUT2D eigenvalue weighted by Gasteiger charge is -2.32. The summed E-state index contributed by atoms with van der Waals surface area (Å²) in [6.07, 6.45) is 5.16. The minimum Gasteiger partial charge on any atom is -0.314 e. The first-order valence-electron chi connectivity index (χ1n) is 7.79. The number of hydrogen-bond acceptors (Lipinski definition) is 1. The van der Waals surface area contributed by atoms with Gasteiger partial charge >= 0.3 is 0 Å². The summed E-state index contributed by atoms with van der Waals surface area (Å²) in [4.78, 5) is 0. The van der Waals surface area contributed by atoms with E-state index in [1.54, 1.807) is 0 Å². The average molecular weight is 255 g/mol. The van der Waals surface area contributed by atoms with Gasteiger partial charge in [-0.25, -0.2) is 0 Å². The smallest absolute Gasteiger partial charge is 0.00699 e. The standard InChI is InChI=1S/C17H37N/c1-9-12-18-15(10-11-16(3,4)5)13-14(2)17(6,7)8/h14-15,18H,9-13H2,1-8H3. The van der Waals surface area contributed by atoms with Gasteiger partial charge in [0.25, 0.3) is 0 Å². The molecule has 0 aliphatic carbocycles. The quantitative estimate of drug-likeness (QED) is 0.655. The molecule has 0 spiro atoms. The van der Waals surface area contributed by atoms with Crippen molar-refractivity contribution in [3.05, 3.63) is 0 Å². The fourth-order valence-electron chi connectivity index (χ4n) is 2.04. The highest BCUT2D eigenvalue weighted by molar-refractivity contribution is 4.78. The maximum absolute atomic E-state index is 3.74. The molecule has 0 rings (SSSR count). The second-order valence-electron chi connectivity index (χ2n) is 8.25. The summed E-state index contributed by atoms with van der Waals surface area (Å²) in [6, 6.07) is 0.693. The van der Waals surface area contributed by atoms with Gasteiger partial charge in [-0.05, 0) is 49.0 Å². The molecule has 2 unspecified atom stereocenters. The van der Waals surface area contributed by atoms with Gasteiger partial charge < -0.3 is 5.32 Å². The molecule has 18 heavy (non-hydrogen) atoms. The van der Waals surface area contributed by atoms with Gasteiger partial charge in [-0.2, -0.15) is 0 Å². The van der Waals surface area contributed by atoms with Crippen molar-refractivity contribution >= 4 is 0 Å². The van der Waals surface area contributed by atoms with Gasteiger partial charge in [0.15, 0.2) is 0 Å². The molecule has 1 nitrogen and oxygen atoms in total. The highest BCUT2D eigenvalue weighted by Gasteiger charge is 2.24. The Morgan fingerprint density at radius 2 is 1.56 bits per heavy atom. The van der Waals surface area contributed by atoms with Crippen molar-refractivity contribution in [1.82, 2.24) is 5.32 Å². The second-order valence-corrected chi connectivity index (χ2v) is 8.25. The molecular formula is C17H37N. The van der Waals surface area contributed by atoms with E-state index in [0.29, 0.717) is 16.9 Å². The maximum atomic E-state index is 3.74. The topological polar surface area (TPSA) is 12.0 Å². The van der Waals surface area contributed by atoms with E-state index in [1.807, 2.05) is 0 Å². The van der Waals surface area contributed by atoms with Crippen LogP contribution in [0.3, 0.4) is 0 Å². The van der Waals surface area contributed by atoms with Crippen LogP contribution in [0.4, 0.5) is 0 Å². The second kappa shape index (κ2) is 7.53. The van der Waals surface area contributed by atoms with Crippen molar-refractivity contribution in [2.45, 2.75) is 87.1 Å². The van der Waals surface area contributed by atoms with Crippen LogP contribution in [0.15, 0.2) is 0 Å². The third-order valence-corrected chi connectivity index (χ3v) is 4.04. The van der Waals surface area contributed by atoms with Crippen LogP contribution in [0.25, 0.3) is 0 Å². The maximum Gasteiger partial charge on any atom is 0.00699 e. The van der Waals surface area contributed by atoms with E-state index in [2.05, 4.69) is 60.7 Å². The zero-order valence-electron chi connectivity index (χ0n) is 14.2. The van der Waals surface area contributed by atoms with Gasteiger partial charge in [-0.3, -0.25) is 0 Å². The third-order valence-electron chi connectivity index (χ3n) is 4.04. The summed E-state index contributed by atoms with van der Waals surface area (Å²) in [6.45, 7) is 19.9. The summed E-state index contributed by atoms with van der Waals surface area (Å²) >= 11 is 0. The summed E-state index contributed by atoms with van der Waals surface area (Å²) in [7, 11) is 0. The molecule has 0 aliphatic heterocycles. The van der Waals surface area contributed by atoms with Gasteiger partial charge in [0.2, 0.25) is 0 Å². The van der Waals surface area contributed by atoms with E-state index >= 15 is 0 Å². The lowest BCUT2D eigenvalue weighted by Crippen LogP contribution is -2.35. The zero-order chi connectivity index (χ0) is 14.4. The number of hydrogen-bond donors (Lipinski definition) is 1. The SMILES string of the molecule is CCCNC(CCC(C)(C)C)CC(C)C(C)(C)C. The molecule has 0 saturated carbocycles. The van der Waals surface area contributed by atoms with Gasteiger partial charge in [-0.15, -0.1) is 0 Å². The molecule has 0 bridgehead atoms. The van der Waals surface area contributed by atoms with E-state index in [9.17, 15) is 0 Å². The minimum absolute atomic E-state index is 0.424. The molecule has 0 amide bonds. The lowest BCUT2D eigenvalue weighted by atomic mass is 9.77. The van der Waals surface area contributed by atoms with Crippen LogP contribution in [0.1, 0.15) is 81.1 Å². The Bertz CT molecular complexity index is 207. The zero-order valence-corrected chi connectivity index (χ0v) is 14.2. The normalized spacial score (nSPS) is 16.7. The van der Waals surface area contributed by atoms with E-state index < -0.39 is 0 Å². The number of rotatable bonds is 7. The lowest BCUT2D eigenvalue weighted by molar-refractivity contribution is 0.210. The molecule has 0 saturated heterocycles. The van der Waals surface area contributed by atoms with Crippen molar-refractivity contribution < 1.29 is 0 Å². The molecular weight excluding hydrogens is 218 g/mol. The van der Waals surface area contributed by atoms with Gasteiger partial charge in [0.1, 0.15) is 0 Å². The molecule has 110 valence electrons. The average Bonchev–Trinajstić information content (AvgIpc) is 2.19. The van der Waals surface area contributed by atoms with Gasteiger partial charge in [0, 0.05) is 6.04 Å². The van der Waals surface area contributed by atoms with Crippen LogP contribution >= 0.6 is 0 Å². The Labute approximate surface area is 116 Å². The predicted molar refractivity (Wildman–Crippen MR) is 84.0 cm³/mol. The van der Waals surface area contributed by atoms with Crippen molar-refractivity contribution in [1.29, 1.82) is 0 Å². The molecule has 0 fully saturated rings. The van der Waals surface area contributed by atoms with E-state index in [0.717, 1.165) is 12.5 Å². The highest BCUT2D eigenvalue weighted by Crippen LogP contribution is 2.31. The molecule has 0 aliphatic rings.